The number of benzene rings is 1. The van der Waals surface area contributed by atoms with Gasteiger partial charge in [0.25, 0.3) is 0 Å². The van der Waals surface area contributed by atoms with Crippen LogP contribution in [0.15, 0.2) is 23.1 Å². The van der Waals surface area contributed by atoms with Gasteiger partial charge in [0, 0.05) is 6.54 Å². The van der Waals surface area contributed by atoms with E-state index >= 15 is 0 Å². The monoisotopic (exact) mass is 355 g/mol. The summed E-state index contributed by atoms with van der Waals surface area (Å²) in [5.41, 5.74) is -0.0525. The molecule has 1 aliphatic carbocycles. The van der Waals surface area contributed by atoms with Crippen LogP contribution >= 0.6 is 0 Å². The molecule has 132 valence electrons. The zero-order valence-electron chi connectivity index (χ0n) is 13.7. The molecule has 0 bridgehead atoms. The van der Waals surface area contributed by atoms with E-state index in [0.29, 0.717) is 12.5 Å². The van der Waals surface area contributed by atoms with E-state index in [0.717, 1.165) is 25.7 Å². The third-order valence-electron chi connectivity index (χ3n) is 4.10. The summed E-state index contributed by atoms with van der Waals surface area (Å²) in [6, 6.07) is 3.62. The first-order chi connectivity index (χ1) is 11.4. The first-order valence-corrected chi connectivity index (χ1v) is 9.17. The Hall–Kier alpha value is -1.93. The molecule has 1 aromatic rings. The minimum atomic E-state index is -3.84. The number of carbonyl (C=O) groups excluding carboxylic acids is 2. The highest BCUT2D eigenvalue weighted by molar-refractivity contribution is 7.89. The average Bonchev–Trinajstić information content (AvgIpc) is 3.11. The van der Waals surface area contributed by atoms with Gasteiger partial charge in [0.1, 0.15) is 0 Å². The minimum absolute atomic E-state index is 0.0263. The molecule has 0 aliphatic heterocycles. The van der Waals surface area contributed by atoms with Crippen molar-refractivity contribution in [3.8, 4) is 0 Å². The van der Waals surface area contributed by atoms with Gasteiger partial charge in [0.2, 0.25) is 10.0 Å². The summed E-state index contributed by atoms with van der Waals surface area (Å²) >= 11 is 0. The Morgan fingerprint density at radius 2 is 1.54 bits per heavy atom. The van der Waals surface area contributed by atoms with Crippen LogP contribution in [0.4, 0.5) is 0 Å². The lowest BCUT2D eigenvalue weighted by molar-refractivity contribution is 0.0598. The second kappa shape index (κ2) is 7.76. The van der Waals surface area contributed by atoms with Crippen molar-refractivity contribution in [1.82, 2.24) is 4.72 Å². The van der Waals surface area contributed by atoms with E-state index in [1.807, 2.05) is 0 Å². The molecule has 0 heterocycles. The Bertz CT molecular complexity index is 688. The topological polar surface area (TPSA) is 98.8 Å². The van der Waals surface area contributed by atoms with Gasteiger partial charge in [-0.05, 0) is 37.0 Å². The van der Waals surface area contributed by atoms with Crippen LogP contribution in [0.2, 0.25) is 0 Å². The average molecular weight is 355 g/mol. The van der Waals surface area contributed by atoms with E-state index in [2.05, 4.69) is 14.2 Å². The number of carbonyl (C=O) groups is 2. The van der Waals surface area contributed by atoms with Gasteiger partial charge in [0.05, 0.1) is 30.2 Å². The van der Waals surface area contributed by atoms with Gasteiger partial charge in [-0.3, -0.25) is 0 Å². The van der Waals surface area contributed by atoms with Crippen molar-refractivity contribution in [3.05, 3.63) is 29.3 Å². The summed E-state index contributed by atoms with van der Waals surface area (Å²) in [5.74, 6) is -1.13. The van der Waals surface area contributed by atoms with Crippen molar-refractivity contribution in [2.45, 2.75) is 30.6 Å². The lowest BCUT2D eigenvalue weighted by Crippen LogP contribution is -2.29. The Balaban J connectivity index is 2.31. The second-order valence-corrected chi connectivity index (χ2v) is 7.50. The molecule has 7 nitrogen and oxygen atoms in total. The van der Waals surface area contributed by atoms with Crippen molar-refractivity contribution in [2.75, 3.05) is 20.8 Å². The molecular formula is C16H21NO6S. The van der Waals surface area contributed by atoms with E-state index in [4.69, 9.17) is 0 Å². The molecule has 1 aromatic carbocycles. The molecule has 0 amide bonds. The van der Waals surface area contributed by atoms with Gasteiger partial charge in [-0.15, -0.1) is 0 Å². The lowest BCUT2D eigenvalue weighted by Gasteiger charge is -2.13. The quantitative estimate of drug-likeness (QED) is 0.780. The summed E-state index contributed by atoms with van der Waals surface area (Å²) in [6.07, 6.45) is 4.21. The number of nitrogens with one attached hydrogen (secondary N) is 1. The van der Waals surface area contributed by atoms with Crippen LogP contribution in [0.5, 0.6) is 0 Å². The minimum Gasteiger partial charge on any atom is -0.465 e. The zero-order valence-corrected chi connectivity index (χ0v) is 14.5. The summed E-state index contributed by atoms with van der Waals surface area (Å²) in [6.45, 7) is 0.346. The van der Waals surface area contributed by atoms with Gasteiger partial charge in [-0.1, -0.05) is 12.8 Å². The Morgan fingerprint density at radius 3 is 2.00 bits per heavy atom. The predicted molar refractivity (Wildman–Crippen MR) is 86.3 cm³/mol. The Labute approximate surface area is 141 Å². The number of sulfonamides is 1. The van der Waals surface area contributed by atoms with E-state index in [1.165, 1.54) is 32.4 Å². The highest BCUT2D eigenvalue weighted by atomic mass is 32.2. The normalized spacial score (nSPS) is 15.2. The molecule has 1 aliphatic rings. The summed E-state index contributed by atoms with van der Waals surface area (Å²) in [5, 5.41) is 0. The third kappa shape index (κ3) is 4.33. The number of rotatable bonds is 6. The predicted octanol–water partition coefficient (Wildman–Crippen LogP) is 1.73. The van der Waals surface area contributed by atoms with E-state index < -0.39 is 22.0 Å². The van der Waals surface area contributed by atoms with Crippen LogP contribution < -0.4 is 4.72 Å². The molecule has 0 atom stereocenters. The molecule has 1 fully saturated rings. The van der Waals surface area contributed by atoms with E-state index in [9.17, 15) is 18.0 Å². The molecule has 8 heteroatoms. The van der Waals surface area contributed by atoms with Crippen molar-refractivity contribution in [1.29, 1.82) is 0 Å². The van der Waals surface area contributed by atoms with Crippen molar-refractivity contribution in [2.24, 2.45) is 5.92 Å². The molecule has 2 rings (SSSR count). The van der Waals surface area contributed by atoms with Crippen LogP contribution in [0.25, 0.3) is 0 Å². The highest BCUT2D eigenvalue weighted by Gasteiger charge is 2.23. The number of hydrogen-bond donors (Lipinski definition) is 1. The number of methoxy groups -OCH3 is 2. The fraction of sp³-hybridized carbons (Fsp3) is 0.500. The van der Waals surface area contributed by atoms with Gasteiger partial charge in [-0.2, -0.15) is 0 Å². The standard InChI is InChI=1S/C16H21NO6S/c1-22-15(18)12-7-13(16(19)23-2)9-14(8-12)24(20,21)17-10-11-5-3-4-6-11/h7-9,11,17H,3-6,10H2,1-2H3. The Kier molecular flexibility index (Phi) is 5.95. The lowest BCUT2D eigenvalue weighted by atomic mass is 10.1. The maximum atomic E-state index is 12.5. The molecule has 0 spiro atoms. The van der Waals surface area contributed by atoms with Crippen molar-refractivity contribution < 1.29 is 27.5 Å². The van der Waals surface area contributed by atoms with Crippen LogP contribution in [-0.4, -0.2) is 41.1 Å². The Morgan fingerprint density at radius 1 is 1.04 bits per heavy atom. The number of hydrogen-bond acceptors (Lipinski definition) is 6. The number of ether oxygens (including phenoxy) is 2. The van der Waals surface area contributed by atoms with Gasteiger partial charge in [0.15, 0.2) is 0 Å². The molecular weight excluding hydrogens is 334 g/mol. The van der Waals surface area contributed by atoms with Crippen molar-refractivity contribution in [3.63, 3.8) is 0 Å². The zero-order chi connectivity index (χ0) is 17.7. The first kappa shape index (κ1) is 18.4. The molecule has 0 radical (unpaired) electrons. The van der Waals surface area contributed by atoms with Crippen LogP contribution in [0, 0.1) is 5.92 Å². The van der Waals surface area contributed by atoms with Crippen LogP contribution in [0.3, 0.4) is 0 Å². The third-order valence-corrected chi connectivity index (χ3v) is 5.50. The molecule has 1 saturated carbocycles. The van der Waals surface area contributed by atoms with Gasteiger partial charge in [-0.25, -0.2) is 22.7 Å². The fourth-order valence-corrected chi connectivity index (χ4v) is 3.94. The highest BCUT2D eigenvalue weighted by Crippen LogP contribution is 2.24. The SMILES string of the molecule is COC(=O)c1cc(C(=O)OC)cc(S(=O)(=O)NCC2CCCC2)c1. The van der Waals surface area contributed by atoms with Gasteiger partial charge < -0.3 is 9.47 Å². The van der Waals surface area contributed by atoms with Gasteiger partial charge >= 0.3 is 11.9 Å². The summed E-state index contributed by atoms with van der Waals surface area (Å²) in [7, 11) is -1.48. The number of esters is 2. The molecule has 0 unspecified atom stereocenters. The summed E-state index contributed by atoms with van der Waals surface area (Å²) < 4.78 is 36.8. The van der Waals surface area contributed by atoms with Crippen molar-refractivity contribution >= 4 is 22.0 Å². The largest absolute Gasteiger partial charge is 0.465 e. The van der Waals surface area contributed by atoms with Crippen LogP contribution in [0.1, 0.15) is 46.4 Å². The fourth-order valence-electron chi connectivity index (χ4n) is 2.75. The maximum absolute atomic E-state index is 12.5. The smallest absolute Gasteiger partial charge is 0.337 e. The molecule has 0 aromatic heterocycles. The van der Waals surface area contributed by atoms with Crippen LogP contribution in [-0.2, 0) is 19.5 Å². The van der Waals surface area contributed by atoms with E-state index in [-0.39, 0.29) is 16.0 Å². The molecule has 0 saturated heterocycles. The maximum Gasteiger partial charge on any atom is 0.337 e. The van der Waals surface area contributed by atoms with E-state index in [1.54, 1.807) is 0 Å². The molecule has 1 N–H and O–H groups in total. The summed E-state index contributed by atoms with van der Waals surface area (Å²) in [4.78, 5) is 23.3. The second-order valence-electron chi connectivity index (χ2n) is 5.73. The first-order valence-electron chi connectivity index (χ1n) is 7.68. The molecule has 24 heavy (non-hydrogen) atoms.